The van der Waals surface area contributed by atoms with E-state index in [2.05, 4.69) is 0 Å². The number of nitrogens with two attached hydrogens (primary N) is 1. The summed E-state index contributed by atoms with van der Waals surface area (Å²) >= 11 is 0. The smallest absolute Gasteiger partial charge is 0.133 e. The molecule has 0 aromatic heterocycles. The van der Waals surface area contributed by atoms with Crippen LogP contribution in [0.2, 0.25) is 0 Å². The molecule has 0 spiro atoms. The minimum Gasteiger partial charge on any atom is -0.387 e. The lowest BCUT2D eigenvalue weighted by atomic mass is 9.68. The van der Waals surface area contributed by atoms with Gasteiger partial charge in [-0.3, -0.25) is 10.2 Å². The Kier molecular flexibility index (Phi) is 4.29. The summed E-state index contributed by atoms with van der Waals surface area (Å²) in [5, 5.41) is 7.81. The van der Waals surface area contributed by atoms with Crippen LogP contribution in [0.4, 0.5) is 0 Å². The number of hydrogen-bond donors (Lipinski definition) is 2. The second-order valence-electron chi connectivity index (χ2n) is 4.40. The van der Waals surface area contributed by atoms with E-state index in [1.165, 1.54) is 0 Å². The zero-order valence-electron chi connectivity index (χ0n) is 9.61. The third kappa shape index (κ3) is 2.50. The number of nitrogens with one attached hydrogen (secondary N) is 1. The van der Waals surface area contributed by atoms with E-state index < -0.39 is 5.41 Å². The Morgan fingerprint density at radius 3 is 2.18 bits per heavy atom. The summed E-state index contributed by atoms with van der Waals surface area (Å²) in [4.78, 5) is 11.3. The average molecular weight is 253 g/mol. The van der Waals surface area contributed by atoms with Gasteiger partial charge in [-0.05, 0) is 18.4 Å². The molecule has 17 heavy (non-hydrogen) atoms. The SMILES string of the molecule is Cl.N=C(N)C1(c2ccccc2)CCC(=O)CC1. The summed E-state index contributed by atoms with van der Waals surface area (Å²) in [7, 11) is 0. The van der Waals surface area contributed by atoms with Gasteiger partial charge in [-0.15, -0.1) is 12.4 Å². The lowest BCUT2D eigenvalue weighted by molar-refractivity contribution is -0.120. The summed E-state index contributed by atoms with van der Waals surface area (Å²) in [6, 6.07) is 9.85. The highest BCUT2D eigenvalue weighted by Crippen LogP contribution is 2.38. The quantitative estimate of drug-likeness (QED) is 0.627. The van der Waals surface area contributed by atoms with Gasteiger partial charge in [-0.1, -0.05) is 30.3 Å². The Balaban J connectivity index is 0.00000144. The van der Waals surface area contributed by atoms with Crippen molar-refractivity contribution in [3.8, 4) is 0 Å². The Morgan fingerprint density at radius 1 is 1.18 bits per heavy atom. The van der Waals surface area contributed by atoms with Crippen LogP contribution in [0.3, 0.4) is 0 Å². The third-order valence-electron chi connectivity index (χ3n) is 3.50. The molecule has 1 aliphatic carbocycles. The highest BCUT2D eigenvalue weighted by molar-refractivity contribution is 5.92. The number of carbonyl (C=O) groups is 1. The van der Waals surface area contributed by atoms with Gasteiger partial charge in [0.1, 0.15) is 11.6 Å². The minimum atomic E-state index is -0.408. The van der Waals surface area contributed by atoms with E-state index in [0.717, 1.165) is 5.56 Å². The van der Waals surface area contributed by atoms with Crippen molar-refractivity contribution >= 4 is 24.0 Å². The standard InChI is InChI=1S/C13H16N2O.ClH/c14-12(15)13(8-6-11(16)7-9-13)10-4-2-1-3-5-10;/h1-5H,6-9H2,(H3,14,15);1H. The molecule has 0 amide bonds. The zero-order valence-corrected chi connectivity index (χ0v) is 10.4. The fourth-order valence-corrected chi connectivity index (χ4v) is 2.43. The first-order valence-electron chi connectivity index (χ1n) is 5.57. The molecule has 0 radical (unpaired) electrons. The molecule has 3 nitrogen and oxygen atoms in total. The van der Waals surface area contributed by atoms with Crippen LogP contribution in [0.5, 0.6) is 0 Å². The molecule has 4 heteroatoms. The van der Waals surface area contributed by atoms with Gasteiger partial charge in [0.2, 0.25) is 0 Å². The normalized spacial score (nSPS) is 18.2. The molecule has 0 atom stereocenters. The van der Waals surface area contributed by atoms with Crippen molar-refractivity contribution in [2.45, 2.75) is 31.1 Å². The Bertz CT molecular complexity index is 407. The minimum absolute atomic E-state index is 0. The van der Waals surface area contributed by atoms with Crippen molar-refractivity contribution in [2.75, 3.05) is 0 Å². The number of amidine groups is 1. The predicted molar refractivity (Wildman–Crippen MR) is 70.8 cm³/mol. The van der Waals surface area contributed by atoms with Gasteiger partial charge in [0.15, 0.2) is 0 Å². The van der Waals surface area contributed by atoms with Crippen molar-refractivity contribution in [3.63, 3.8) is 0 Å². The highest BCUT2D eigenvalue weighted by Gasteiger charge is 2.39. The van der Waals surface area contributed by atoms with E-state index in [-0.39, 0.29) is 24.0 Å². The second-order valence-corrected chi connectivity index (χ2v) is 4.40. The summed E-state index contributed by atoms with van der Waals surface area (Å²) in [5.41, 5.74) is 6.41. The van der Waals surface area contributed by atoms with Crippen LogP contribution in [0, 0.1) is 5.41 Å². The lowest BCUT2D eigenvalue weighted by Crippen LogP contribution is -2.43. The summed E-state index contributed by atoms with van der Waals surface area (Å²) in [5.74, 6) is 0.471. The number of carbonyl (C=O) groups excluding carboxylic acids is 1. The van der Waals surface area contributed by atoms with Crippen molar-refractivity contribution in [3.05, 3.63) is 35.9 Å². The first kappa shape index (κ1) is 13.7. The molecular weight excluding hydrogens is 236 g/mol. The van der Waals surface area contributed by atoms with Crippen LogP contribution in [-0.4, -0.2) is 11.6 Å². The molecule has 0 unspecified atom stereocenters. The molecule has 1 saturated carbocycles. The molecule has 2 rings (SSSR count). The maximum absolute atomic E-state index is 11.3. The molecule has 3 N–H and O–H groups in total. The number of Topliss-reactive ketones (excluding diaryl/α,β-unsaturated/α-hetero) is 1. The molecule has 0 saturated heterocycles. The third-order valence-corrected chi connectivity index (χ3v) is 3.50. The first-order valence-corrected chi connectivity index (χ1v) is 5.57. The van der Waals surface area contributed by atoms with E-state index in [0.29, 0.717) is 25.7 Å². The largest absolute Gasteiger partial charge is 0.387 e. The Labute approximate surface area is 107 Å². The molecule has 0 aliphatic heterocycles. The first-order chi connectivity index (χ1) is 7.65. The number of ketones is 1. The Hall–Kier alpha value is -1.35. The van der Waals surface area contributed by atoms with Crippen molar-refractivity contribution in [2.24, 2.45) is 5.73 Å². The Morgan fingerprint density at radius 2 is 1.71 bits per heavy atom. The molecular formula is C13H17ClN2O. The molecule has 0 bridgehead atoms. The monoisotopic (exact) mass is 252 g/mol. The van der Waals surface area contributed by atoms with Gasteiger partial charge in [0.05, 0.1) is 5.41 Å². The molecule has 1 fully saturated rings. The van der Waals surface area contributed by atoms with Gasteiger partial charge in [-0.2, -0.15) is 0 Å². The van der Waals surface area contributed by atoms with Gasteiger partial charge < -0.3 is 5.73 Å². The summed E-state index contributed by atoms with van der Waals surface area (Å²) < 4.78 is 0. The lowest BCUT2D eigenvalue weighted by Gasteiger charge is -2.36. The highest BCUT2D eigenvalue weighted by atomic mass is 35.5. The fourth-order valence-electron chi connectivity index (χ4n) is 2.43. The van der Waals surface area contributed by atoms with Crippen LogP contribution in [0.15, 0.2) is 30.3 Å². The van der Waals surface area contributed by atoms with E-state index >= 15 is 0 Å². The van der Waals surface area contributed by atoms with Gasteiger partial charge in [-0.25, -0.2) is 0 Å². The van der Waals surface area contributed by atoms with Gasteiger partial charge >= 0.3 is 0 Å². The molecule has 1 aromatic carbocycles. The molecule has 1 aliphatic rings. The summed E-state index contributed by atoms with van der Waals surface area (Å²) in [6.45, 7) is 0. The zero-order chi connectivity index (χ0) is 11.6. The van der Waals surface area contributed by atoms with E-state index in [4.69, 9.17) is 11.1 Å². The summed E-state index contributed by atoms with van der Waals surface area (Å²) in [6.07, 6.45) is 2.42. The van der Waals surface area contributed by atoms with Crippen molar-refractivity contribution in [1.82, 2.24) is 0 Å². The number of benzene rings is 1. The number of rotatable bonds is 2. The van der Waals surface area contributed by atoms with Crippen LogP contribution in [0.1, 0.15) is 31.2 Å². The van der Waals surface area contributed by atoms with Crippen LogP contribution in [-0.2, 0) is 10.2 Å². The maximum atomic E-state index is 11.3. The van der Waals surface area contributed by atoms with Crippen molar-refractivity contribution < 1.29 is 4.79 Å². The maximum Gasteiger partial charge on any atom is 0.133 e. The average Bonchev–Trinajstić information content (AvgIpc) is 2.31. The van der Waals surface area contributed by atoms with Crippen LogP contribution < -0.4 is 5.73 Å². The fraction of sp³-hybridized carbons (Fsp3) is 0.385. The number of halogens is 1. The van der Waals surface area contributed by atoms with E-state index in [1.54, 1.807) is 0 Å². The van der Waals surface area contributed by atoms with Gasteiger partial charge in [0.25, 0.3) is 0 Å². The van der Waals surface area contributed by atoms with E-state index in [1.807, 2.05) is 30.3 Å². The predicted octanol–water partition coefficient (Wildman–Crippen LogP) is 2.43. The number of hydrogen-bond acceptors (Lipinski definition) is 2. The molecule has 0 heterocycles. The van der Waals surface area contributed by atoms with E-state index in [9.17, 15) is 4.79 Å². The topological polar surface area (TPSA) is 66.9 Å². The van der Waals surface area contributed by atoms with Crippen LogP contribution in [0.25, 0.3) is 0 Å². The van der Waals surface area contributed by atoms with Crippen molar-refractivity contribution in [1.29, 1.82) is 5.41 Å². The second kappa shape index (κ2) is 5.32. The van der Waals surface area contributed by atoms with Crippen LogP contribution >= 0.6 is 12.4 Å². The molecule has 92 valence electrons. The molecule has 1 aromatic rings. The van der Waals surface area contributed by atoms with Gasteiger partial charge in [0, 0.05) is 12.8 Å².